The standard InChI is InChI=1S/C9H12N2O/c1-5-3-6(2)8(10)4-7(5)9(11)12/h3-4H,10H2,1-2H3,(H2,11,12). The average molecular weight is 164 g/mol. The molecule has 0 bridgehead atoms. The van der Waals surface area contributed by atoms with Crippen molar-refractivity contribution in [3.05, 3.63) is 28.8 Å². The Hall–Kier alpha value is -1.51. The van der Waals surface area contributed by atoms with Crippen molar-refractivity contribution in [1.82, 2.24) is 0 Å². The first-order chi connectivity index (χ1) is 5.52. The number of aryl methyl sites for hydroxylation is 2. The molecule has 0 radical (unpaired) electrons. The van der Waals surface area contributed by atoms with Crippen molar-refractivity contribution in [2.24, 2.45) is 5.73 Å². The Morgan fingerprint density at radius 2 is 1.83 bits per heavy atom. The van der Waals surface area contributed by atoms with Gasteiger partial charge in [0, 0.05) is 11.3 Å². The summed E-state index contributed by atoms with van der Waals surface area (Å²) in [5.41, 5.74) is 13.7. The van der Waals surface area contributed by atoms with E-state index >= 15 is 0 Å². The van der Waals surface area contributed by atoms with Crippen LogP contribution in [0, 0.1) is 13.8 Å². The minimum atomic E-state index is -0.431. The zero-order valence-electron chi connectivity index (χ0n) is 7.22. The number of anilines is 1. The van der Waals surface area contributed by atoms with Gasteiger partial charge in [0.25, 0.3) is 0 Å². The maximum Gasteiger partial charge on any atom is 0.249 e. The first-order valence-electron chi connectivity index (χ1n) is 3.69. The molecule has 3 heteroatoms. The molecule has 0 atom stereocenters. The van der Waals surface area contributed by atoms with E-state index in [4.69, 9.17) is 11.5 Å². The third-order valence-electron chi connectivity index (χ3n) is 1.88. The van der Waals surface area contributed by atoms with E-state index in [2.05, 4.69) is 0 Å². The summed E-state index contributed by atoms with van der Waals surface area (Å²) in [5.74, 6) is -0.431. The third kappa shape index (κ3) is 1.39. The molecule has 64 valence electrons. The fourth-order valence-electron chi connectivity index (χ4n) is 1.13. The van der Waals surface area contributed by atoms with E-state index in [0.29, 0.717) is 11.3 Å². The smallest absolute Gasteiger partial charge is 0.249 e. The predicted octanol–water partition coefficient (Wildman–Crippen LogP) is 0.985. The highest BCUT2D eigenvalue weighted by molar-refractivity contribution is 5.95. The van der Waals surface area contributed by atoms with Gasteiger partial charge in [-0.3, -0.25) is 4.79 Å². The van der Waals surface area contributed by atoms with Crippen LogP contribution in [0.25, 0.3) is 0 Å². The van der Waals surface area contributed by atoms with E-state index in [9.17, 15) is 4.79 Å². The largest absolute Gasteiger partial charge is 0.398 e. The maximum atomic E-state index is 10.9. The van der Waals surface area contributed by atoms with Crippen molar-refractivity contribution in [1.29, 1.82) is 0 Å². The summed E-state index contributed by atoms with van der Waals surface area (Å²) in [5, 5.41) is 0. The zero-order valence-corrected chi connectivity index (χ0v) is 7.22. The zero-order chi connectivity index (χ0) is 9.30. The second kappa shape index (κ2) is 2.85. The van der Waals surface area contributed by atoms with Crippen LogP contribution in [0.3, 0.4) is 0 Å². The molecule has 0 saturated carbocycles. The number of nitrogens with two attached hydrogens (primary N) is 2. The van der Waals surface area contributed by atoms with Crippen LogP contribution >= 0.6 is 0 Å². The molecule has 0 unspecified atom stereocenters. The Morgan fingerprint density at radius 3 is 2.33 bits per heavy atom. The van der Waals surface area contributed by atoms with Gasteiger partial charge in [-0.1, -0.05) is 6.07 Å². The van der Waals surface area contributed by atoms with Gasteiger partial charge >= 0.3 is 0 Å². The highest BCUT2D eigenvalue weighted by Gasteiger charge is 2.06. The lowest BCUT2D eigenvalue weighted by molar-refractivity contribution is 0.1000. The lowest BCUT2D eigenvalue weighted by Gasteiger charge is -2.05. The summed E-state index contributed by atoms with van der Waals surface area (Å²) in [6.45, 7) is 3.74. The van der Waals surface area contributed by atoms with Crippen molar-refractivity contribution < 1.29 is 4.79 Å². The van der Waals surface area contributed by atoms with E-state index in [-0.39, 0.29) is 0 Å². The number of amides is 1. The van der Waals surface area contributed by atoms with Crippen LogP contribution in [0.4, 0.5) is 5.69 Å². The summed E-state index contributed by atoms with van der Waals surface area (Å²) >= 11 is 0. The molecule has 0 aliphatic carbocycles. The maximum absolute atomic E-state index is 10.9. The van der Waals surface area contributed by atoms with Gasteiger partial charge in [-0.2, -0.15) is 0 Å². The number of hydrogen-bond donors (Lipinski definition) is 2. The molecule has 1 rings (SSSR count). The van der Waals surface area contributed by atoms with Crippen LogP contribution in [0.1, 0.15) is 21.5 Å². The number of carbonyl (C=O) groups excluding carboxylic acids is 1. The van der Waals surface area contributed by atoms with Gasteiger partial charge < -0.3 is 11.5 Å². The molecule has 4 N–H and O–H groups in total. The molecular weight excluding hydrogens is 152 g/mol. The van der Waals surface area contributed by atoms with Crippen molar-refractivity contribution in [3.8, 4) is 0 Å². The topological polar surface area (TPSA) is 69.1 Å². The molecule has 1 amide bonds. The van der Waals surface area contributed by atoms with Gasteiger partial charge in [0.05, 0.1) is 0 Å². The first-order valence-corrected chi connectivity index (χ1v) is 3.69. The molecule has 0 aliphatic rings. The van der Waals surface area contributed by atoms with Gasteiger partial charge in [-0.25, -0.2) is 0 Å². The van der Waals surface area contributed by atoms with Crippen LogP contribution in [0.5, 0.6) is 0 Å². The molecule has 0 aromatic heterocycles. The quantitative estimate of drug-likeness (QED) is 0.607. The normalized spacial score (nSPS) is 9.83. The van der Waals surface area contributed by atoms with Crippen molar-refractivity contribution in [2.75, 3.05) is 5.73 Å². The van der Waals surface area contributed by atoms with Crippen LogP contribution < -0.4 is 11.5 Å². The molecule has 12 heavy (non-hydrogen) atoms. The molecule has 0 aliphatic heterocycles. The summed E-state index contributed by atoms with van der Waals surface area (Å²) in [6, 6.07) is 3.47. The Bertz CT molecular complexity index is 332. The lowest BCUT2D eigenvalue weighted by Crippen LogP contribution is -2.13. The second-order valence-corrected chi connectivity index (χ2v) is 2.89. The number of primary amides is 1. The molecular formula is C9H12N2O. The third-order valence-corrected chi connectivity index (χ3v) is 1.88. The van der Waals surface area contributed by atoms with E-state index < -0.39 is 5.91 Å². The molecule has 0 spiro atoms. The number of benzene rings is 1. The summed E-state index contributed by atoms with van der Waals surface area (Å²) < 4.78 is 0. The summed E-state index contributed by atoms with van der Waals surface area (Å²) in [6.07, 6.45) is 0. The summed E-state index contributed by atoms with van der Waals surface area (Å²) in [4.78, 5) is 10.9. The number of nitrogen functional groups attached to an aromatic ring is 1. The SMILES string of the molecule is Cc1cc(C)c(C(N)=O)cc1N. The molecule has 0 fully saturated rings. The van der Waals surface area contributed by atoms with E-state index in [1.54, 1.807) is 6.07 Å². The van der Waals surface area contributed by atoms with Crippen molar-refractivity contribution >= 4 is 11.6 Å². The Morgan fingerprint density at radius 1 is 1.25 bits per heavy atom. The summed E-state index contributed by atoms with van der Waals surface area (Å²) in [7, 11) is 0. The molecule has 1 aromatic rings. The van der Waals surface area contributed by atoms with Gasteiger partial charge in [0.1, 0.15) is 0 Å². The molecule has 1 aromatic carbocycles. The van der Waals surface area contributed by atoms with E-state index in [1.807, 2.05) is 19.9 Å². The van der Waals surface area contributed by atoms with Crippen LogP contribution in [0.15, 0.2) is 12.1 Å². The number of carbonyl (C=O) groups is 1. The fraction of sp³-hybridized carbons (Fsp3) is 0.222. The van der Waals surface area contributed by atoms with Crippen LogP contribution in [-0.4, -0.2) is 5.91 Å². The van der Waals surface area contributed by atoms with Gasteiger partial charge in [0.15, 0.2) is 0 Å². The Labute approximate surface area is 71.4 Å². The van der Waals surface area contributed by atoms with Crippen molar-refractivity contribution in [2.45, 2.75) is 13.8 Å². The monoisotopic (exact) mass is 164 g/mol. The highest BCUT2D eigenvalue weighted by Crippen LogP contribution is 2.16. The number of rotatable bonds is 1. The molecule has 3 nitrogen and oxygen atoms in total. The van der Waals surface area contributed by atoms with Crippen LogP contribution in [-0.2, 0) is 0 Å². The van der Waals surface area contributed by atoms with E-state index in [0.717, 1.165) is 11.1 Å². The Balaban J connectivity index is 3.33. The van der Waals surface area contributed by atoms with Crippen LogP contribution in [0.2, 0.25) is 0 Å². The van der Waals surface area contributed by atoms with Crippen molar-refractivity contribution in [3.63, 3.8) is 0 Å². The second-order valence-electron chi connectivity index (χ2n) is 2.89. The first kappa shape index (κ1) is 8.59. The minimum absolute atomic E-state index is 0.431. The lowest BCUT2D eigenvalue weighted by atomic mass is 10.0. The van der Waals surface area contributed by atoms with Gasteiger partial charge in [0.2, 0.25) is 5.91 Å². The highest BCUT2D eigenvalue weighted by atomic mass is 16.1. The molecule has 0 heterocycles. The van der Waals surface area contributed by atoms with E-state index in [1.165, 1.54) is 0 Å². The van der Waals surface area contributed by atoms with Gasteiger partial charge in [-0.15, -0.1) is 0 Å². The number of hydrogen-bond acceptors (Lipinski definition) is 2. The average Bonchev–Trinajstić information content (AvgIpc) is 1.96. The predicted molar refractivity (Wildman–Crippen MR) is 48.8 cm³/mol. The minimum Gasteiger partial charge on any atom is -0.398 e. The molecule has 0 saturated heterocycles. The fourth-order valence-corrected chi connectivity index (χ4v) is 1.13. The van der Waals surface area contributed by atoms with Gasteiger partial charge in [-0.05, 0) is 31.0 Å². The Kier molecular flexibility index (Phi) is 2.04.